The number of methoxy groups -OCH3 is 1. The zero-order valence-corrected chi connectivity index (χ0v) is 17.7. The van der Waals surface area contributed by atoms with Crippen LogP contribution in [0.2, 0.25) is 0 Å². The van der Waals surface area contributed by atoms with Crippen molar-refractivity contribution in [3.05, 3.63) is 84.6 Å². The quantitative estimate of drug-likeness (QED) is 0.325. The summed E-state index contributed by atoms with van der Waals surface area (Å²) in [4.78, 5) is 41.7. The molecule has 2 heterocycles. The molecule has 162 valence electrons. The van der Waals surface area contributed by atoms with Crippen LogP contribution in [-0.4, -0.2) is 47.6 Å². The minimum absolute atomic E-state index is 0.0420. The molecule has 4 rings (SSSR count). The Bertz CT molecular complexity index is 1230. The zero-order valence-electron chi connectivity index (χ0n) is 17.7. The Morgan fingerprint density at radius 2 is 1.69 bits per heavy atom. The standard InChI is InChI=1S/C25H23N3O4/c1-3-13-26-17-18(20-11-7-8-12-22(20)26)16-21-23(29)27(14-15-32-2)25(31)28(24(21)30)19-9-5-4-6-10-19/h3-12,16-17H,1,13-15H2,2H3/b21-16-. The predicted molar refractivity (Wildman–Crippen MR) is 123 cm³/mol. The smallest absolute Gasteiger partial charge is 0.338 e. The highest BCUT2D eigenvalue weighted by molar-refractivity contribution is 6.39. The number of hydrogen-bond donors (Lipinski definition) is 0. The van der Waals surface area contributed by atoms with E-state index in [-0.39, 0.29) is 18.7 Å². The van der Waals surface area contributed by atoms with Crippen molar-refractivity contribution in [1.29, 1.82) is 0 Å². The summed E-state index contributed by atoms with van der Waals surface area (Å²) >= 11 is 0. The number of carbonyl (C=O) groups is 3. The van der Waals surface area contributed by atoms with Crippen LogP contribution in [0.25, 0.3) is 17.0 Å². The predicted octanol–water partition coefficient (Wildman–Crippen LogP) is 3.85. The van der Waals surface area contributed by atoms with Gasteiger partial charge >= 0.3 is 6.03 Å². The number of anilines is 1. The number of rotatable bonds is 7. The molecule has 0 N–H and O–H groups in total. The largest absolute Gasteiger partial charge is 0.383 e. The van der Waals surface area contributed by atoms with Crippen molar-refractivity contribution >= 4 is 40.5 Å². The number of hydrogen-bond acceptors (Lipinski definition) is 4. The number of aromatic nitrogens is 1. The van der Waals surface area contributed by atoms with Crippen molar-refractivity contribution in [2.24, 2.45) is 0 Å². The van der Waals surface area contributed by atoms with Crippen LogP contribution in [0.4, 0.5) is 10.5 Å². The number of nitrogens with zero attached hydrogens (tertiary/aromatic N) is 3. The molecule has 32 heavy (non-hydrogen) atoms. The van der Waals surface area contributed by atoms with E-state index in [9.17, 15) is 14.4 Å². The summed E-state index contributed by atoms with van der Waals surface area (Å²) in [6.45, 7) is 4.59. The second-order valence-electron chi connectivity index (χ2n) is 7.31. The molecule has 4 amide bonds. The second-order valence-corrected chi connectivity index (χ2v) is 7.31. The summed E-state index contributed by atoms with van der Waals surface area (Å²) in [5.41, 5.74) is 2.00. The summed E-state index contributed by atoms with van der Waals surface area (Å²) in [5.74, 6) is -1.29. The van der Waals surface area contributed by atoms with Crippen molar-refractivity contribution in [3.8, 4) is 0 Å². The van der Waals surface area contributed by atoms with Gasteiger partial charge in [-0.15, -0.1) is 6.58 Å². The number of allylic oxidation sites excluding steroid dienone is 1. The molecule has 7 nitrogen and oxygen atoms in total. The van der Waals surface area contributed by atoms with Gasteiger partial charge in [0.1, 0.15) is 5.57 Å². The topological polar surface area (TPSA) is 71.8 Å². The van der Waals surface area contributed by atoms with Gasteiger partial charge in [-0.3, -0.25) is 14.5 Å². The molecule has 0 unspecified atom stereocenters. The third-order valence-electron chi connectivity index (χ3n) is 5.31. The Morgan fingerprint density at radius 3 is 2.41 bits per heavy atom. The molecular formula is C25H23N3O4. The molecule has 3 aromatic rings. The average Bonchev–Trinajstić information content (AvgIpc) is 3.15. The van der Waals surface area contributed by atoms with E-state index in [0.29, 0.717) is 17.8 Å². The molecule has 1 aliphatic rings. The minimum atomic E-state index is -0.686. The zero-order chi connectivity index (χ0) is 22.7. The first kappa shape index (κ1) is 21.3. The fraction of sp³-hybridized carbons (Fsp3) is 0.160. The Balaban J connectivity index is 1.85. The number of ether oxygens (including phenoxy) is 1. The van der Waals surface area contributed by atoms with Crippen LogP contribution < -0.4 is 4.90 Å². The normalized spacial score (nSPS) is 15.8. The first-order valence-corrected chi connectivity index (χ1v) is 10.2. The molecule has 0 radical (unpaired) electrons. The van der Waals surface area contributed by atoms with E-state index in [1.807, 2.05) is 35.0 Å². The molecule has 0 aliphatic carbocycles. The van der Waals surface area contributed by atoms with Gasteiger partial charge in [-0.2, -0.15) is 0 Å². The van der Waals surface area contributed by atoms with Crippen molar-refractivity contribution in [3.63, 3.8) is 0 Å². The van der Waals surface area contributed by atoms with Crippen molar-refractivity contribution < 1.29 is 19.1 Å². The summed E-state index contributed by atoms with van der Waals surface area (Å²) < 4.78 is 7.06. The fourth-order valence-corrected chi connectivity index (χ4v) is 3.80. The van der Waals surface area contributed by atoms with Gasteiger partial charge in [-0.25, -0.2) is 9.69 Å². The van der Waals surface area contributed by atoms with Crippen LogP contribution in [0.15, 0.2) is 79.0 Å². The molecule has 1 aromatic heterocycles. The number of fused-ring (bicyclic) bond motifs is 1. The van der Waals surface area contributed by atoms with Gasteiger partial charge in [0.05, 0.1) is 18.8 Å². The molecule has 0 atom stereocenters. The summed E-state index contributed by atoms with van der Waals surface area (Å²) in [7, 11) is 1.49. The number of benzene rings is 2. The Kier molecular flexibility index (Phi) is 6.00. The number of imide groups is 2. The molecule has 1 fully saturated rings. The Hall–Kier alpha value is -3.97. The number of para-hydroxylation sites is 2. The average molecular weight is 429 g/mol. The van der Waals surface area contributed by atoms with Crippen LogP contribution >= 0.6 is 0 Å². The van der Waals surface area contributed by atoms with Crippen molar-refractivity contribution in [2.75, 3.05) is 25.2 Å². The maximum Gasteiger partial charge on any atom is 0.338 e. The third-order valence-corrected chi connectivity index (χ3v) is 5.31. The van der Waals surface area contributed by atoms with Gasteiger partial charge in [0, 0.05) is 36.3 Å². The van der Waals surface area contributed by atoms with Crippen LogP contribution in [0.3, 0.4) is 0 Å². The van der Waals surface area contributed by atoms with Gasteiger partial charge in [-0.1, -0.05) is 42.5 Å². The molecule has 0 spiro atoms. The third kappa shape index (κ3) is 3.74. The minimum Gasteiger partial charge on any atom is -0.383 e. The van der Waals surface area contributed by atoms with E-state index in [1.54, 1.807) is 42.5 Å². The highest BCUT2D eigenvalue weighted by atomic mass is 16.5. The number of barbiturate groups is 1. The molecule has 0 bridgehead atoms. The lowest BCUT2D eigenvalue weighted by atomic mass is 10.0. The molecule has 7 heteroatoms. The van der Waals surface area contributed by atoms with Gasteiger partial charge in [0.25, 0.3) is 11.8 Å². The maximum atomic E-state index is 13.4. The molecule has 1 aliphatic heterocycles. The van der Waals surface area contributed by atoms with Crippen molar-refractivity contribution in [1.82, 2.24) is 9.47 Å². The van der Waals surface area contributed by atoms with Gasteiger partial charge in [0.15, 0.2) is 0 Å². The van der Waals surface area contributed by atoms with E-state index in [2.05, 4.69) is 6.58 Å². The van der Waals surface area contributed by atoms with E-state index in [0.717, 1.165) is 20.7 Å². The van der Waals surface area contributed by atoms with E-state index < -0.39 is 17.8 Å². The van der Waals surface area contributed by atoms with Crippen LogP contribution in [0.1, 0.15) is 5.56 Å². The SMILES string of the molecule is C=CCn1cc(/C=C2/C(=O)N(CCOC)C(=O)N(c3ccccc3)C2=O)c2ccccc21. The molecule has 2 aromatic carbocycles. The highest BCUT2D eigenvalue weighted by Crippen LogP contribution is 2.28. The lowest BCUT2D eigenvalue weighted by Crippen LogP contribution is -2.57. The Morgan fingerprint density at radius 1 is 0.969 bits per heavy atom. The number of amides is 4. The number of urea groups is 1. The van der Waals surface area contributed by atoms with Gasteiger partial charge < -0.3 is 9.30 Å². The van der Waals surface area contributed by atoms with Crippen molar-refractivity contribution in [2.45, 2.75) is 6.54 Å². The number of carbonyl (C=O) groups excluding carboxylic acids is 3. The maximum absolute atomic E-state index is 13.4. The summed E-state index contributed by atoms with van der Waals surface area (Å²) in [5, 5.41) is 0.897. The first-order valence-electron chi connectivity index (χ1n) is 10.2. The van der Waals surface area contributed by atoms with E-state index >= 15 is 0 Å². The van der Waals surface area contributed by atoms with Crippen LogP contribution in [0, 0.1) is 0 Å². The van der Waals surface area contributed by atoms with Crippen LogP contribution in [0.5, 0.6) is 0 Å². The fourth-order valence-electron chi connectivity index (χ4n) is 3.80. The molecule has 0 saturated carbocycles. The van der Waals surface area contributed by atoms with Gasteiger partial charge in [-0.05, 0) is 24.3 Å². The molecular weight excluding hydrogens is 406 g/mol. The van der Waals surface area contributed by atoms with E-state index in [4.69, 9.17) is 4.74 Å². The Labute approximate surface area is 185 Å². The summed E-state index contributed by atoms with van der Waals surface area (Å²) in [6.07, 6.45) is 5.22. The van der Waals surface area contributed by atoms with E-state index in [1.165, 1.54) is 7.11 Å². The summed E-state index contributed by atoms with van der Waals surface area (Å²) in [6, 6.07) is 15.6. The van der Waals surface area contributed by atoms with Gasteiger partial charge in [0.2, 0.25) is 0 Å². The van der Waals surface area contributed by atoms with Crippen LogP contribution in [-0.2, 0) is 20.9 Å². The lowest BCUT2D eigenvalue weighted by molar-refractivity contribution is -0.129. The molecule has 1 saturated heterocycles. The first-order chi connectivity index (χ1) is 15.6. The monoisotopic (exact) mass is 429 g/mol. The lowest BCUT2D eigenvalue weighted by Gasteiger charge is -2.33. The highest BCUT2D eigenvalue weighted by Gasteiger charge is 2.42. The second kappa shape index (κ2) is 9.03.